The second-order valence-corrected chi connectivity index (χ2v) is 5.44. The van der Waals surface area contributed by atoms with Crippen LogP contribution in [0.4, 0.5) is 0 Å². The van der Waals surface area contributed by atoms with Crippen LogP contribution in [-0.2, 0) is 9.59 Å². The van der Waals surface area contributed by atoms with Gasteiger partial charge in [-0.2, -0.15) is 0 Å². The van der Waals surface area contributed by atoms with Crippen molar-refractivity contribution >= 4 is 11.9 Å². The number of benzene rings is 1. The molecule has 0 unspecified atom stereocenters. The third-order valence-corrected chi connectivity index (χ3v) is 2.29. The molecule has 5 heteroatoms. The predicted octanol–water partition coefficient (Wildman–Crippen LogP) is 2.83. The number of esters is 2. The van der Waals surface area contributed by atoms with Crippen molar-refractivity contribution < 1.29 is 24.2 Å². The molecule has 0 heterocycles. The maximum Gasteiger partial charge on any atom is 0.338 e. The van der Waals surface area contributed by atoms with Crippen LogP contribution < -0.4 is 9.47 Å². The van der Waals surface area contributed by atoms with Gasteiger partial charge in [0.05, 0.1) is 5.41 Å². The molecule has 1 N–H and O–H groups in total. The Labute approximate surface area is 117 Å². The molecule has 0 fully saturated rings. The molecule has 1 rings (SSSR count). The largest absolute Gasteiger partial charge is 0.508 e. The summed E-state index contributed by atoms with van der Waals surface area (Å²) in [5, 5.41) is 9.45. The van der Waals surface area contributed by atoms with E-state index in [2.05, 4.69) is 6.58 Å². The molecule has 5 nitrogen and oxygen atoms in total. The number of ether oxygens (including phenoxy) is 2. The number of aromatic hydroxyl groups is 1. The Balaban J connectivity index is 3.05. The molecule has 0 aliphatic rings. The van der Waals surface area contributed by atoms with E-state index in [-0.39, 0.29) is 22.8 Å². The lowest BCUT2D eigenvalue weighted by molar-refractivity contribution is -0.143. The molecule has 0 aliphatic carbocycles. The molecule has 1 aromatic carbocycles. The van der Waals surface area contributed by atoms with Crippen molar-refractivity contribution in [3.05, 3.63) is 30.4 Å². The highest BCUT2D eigenvalue weighted by molar-refractivity contribution is 5.89. The monoisotopic (exact) mass is 278 g/mol. The van der Waals surface area contributed by atoms with E-state index in [4.69, 9.17) is 9.47 Å². The molecular weight excluding hydrogens is 260 g/mol. The maximum absolute atomic E-state index is 11.9. The zero-order valence-corrected chi connectivity index (χ0v) is 12.0. The van der Waals surface area contributed by atoms with Crippen LogP contribution in [0.1, 0.15) is 27.7 Å². The first-order valence-corrected chi connectivity index (χ1v) is 6.04. The van der Waals surface area contributed by atoms with Gasteiger partial charge in [0.2, 0.25) is 0 Å². The first kappa shape index (κ1) is 15.8. The summed E-state index contributed by atoms with van der Waals surface area (Å²) in [6, 6.07) is 3.89. The van der Waals surface area contributed by atoms with Crippen LogP contribution in [0.5, 0.6) is 17.2 Å². The standard InChI is InChI=1S/C15H18O5/c1-9(2)13(17)19-11-7-6-10(16)8-12(11)20-14(18)15(3,4)5/h6-8,16H,1H2,2-5H3. The van der Waals surface area contributed by atoms with Gasteiger partial charge in [0, 0.05) is 11.6 Å². The van der Waals surface area contributed by atoms with Crippen molar-refractivity contribution in [2.45, 2.75) is 27.7 Å². The molecule has 0 aliphatic heterocycles. The average Bonchev–Trinajstić information content (AvgIpc) is 2.31. The highest BCUT2D eigenvalue weighted by Gasteiger charge is 2.25. The molecule has 0 saturated heterocycles. The average molecular weight is 278 g/mol. The van der Waals surface area contributed by atoms with Crippen LogP contribution in [0.25, 0.3) is 0 Å². The molecule has 0 aromatic heterocycles. The zero-order valence-electron chi connectivity index (χ0n) is 12.0. The molecule has 108 valence electrons. The molecule has 0 bridgehead atoms. The minimum absolute atomic E-state index is 0.0143. The van der Waals surface area contributed by atoms with Gasteiger partial charge < -0.3 is 14.6 Å². The Morgan fingerprint density at radius 1 is 1.15 bits per heavy atom. The maximum atomic E-state index is 11.9. The van der Waals surface area contributed by atoms with E-state index in [1.165, 1.54) is 25.1 Å². The molecular formula is C15H18O5. The SMILES string of the molecule is C=C(C)C(=O)Oc1ccc(O)cc1OC(=O)C(C)(C)C. The highest BCUT2D eigenvalue weighted by atomic mass is 16.6. The quantitative estimate of drug-likeness (QED) is 0.523. The minimum atomic E-state index is -0.721. The van der Waals surface area contributed by atoms with Crippen molar-refractivity contribution in [3.8, 4) is 17.2 Å². The van der Waals surface area contributed by atoms with Gasteiger partial charge in [-0.05, 0) is 39.8 Å². The van der Waals surface area contributed by atoms with E-state index in [1.54, 1.807) is 20.8 Å². The van der Waals surface area contributed by atoms with Crippen LogP contribution >= 0.6 is 0 Å². The predicted molar refractivity (Wildman–Crippen MR) is 73.6 cm³/mol. The number of rotatable bonds is 3. The van der Waals surface area contributed by atoms with Gasteiger partial charge in [0.25, 0.3) is 0 Å². The van der Waals surface area contributed by atoms with Gasteiger partial charge in [-0.25, -0.2) is 4.79 Å². The first-order valence-electron chi connectivity index (χ1n) is 6.04. The van der Waals surface area contributed by atoms with Crippen LogP contribution in [0, 0.1) is 5.41 Å². The summed E-state index contributed by atoms with van der Waals surface area (Å²) in [4.78, 5) is 23.4. The van der Waals surface area contributed by atoms with E-state index < -0.39 is 17.4 Å². The Kier molecular flexibility index (Phi) is 4.55. The van der Waals surface area contributed by atoms with Crippen molar-refractivity contribution in [2.75, 3.05) is 0 Å². The third kappa shape index (κ3) is 4.12. The van der Waals surface area contributed by atoms with E-state index in [1.807, 2.05) is 0 Å². The van der Waals surface area contributed by atoms with E-state index in [0.717, 1.165) is 0 Å². The topological polar surface area (TPSA) is 72.8 Å². The normalized spacial score (nSPS) is 10.8. The van der Waals surface area contributed by atoms with Crippen molar-refractivity contribution in [3.63, 3.8) is 0 Å². The third-order valence-electron chi connectivity index (χ3n) is 2.29. The molecule has 0 spiro atoms. The second kappa shape index (κ2) is 5.77. The second-order valence-electron chi connectivity index (χ2n) is 5.44. The Morgan fingerprint density at radius 2 is 1.75 bits per heavy atom. The number of carbonyl (C=O) groups excluding carboxylic acids is 2. The Morgan fingerprint density at radius 3 is 2.25 bits per heavy atom. The molecule has 1 aromatic rings. The summed E-state index contributed by atoms with van der Waals surface area (Å²) in [6.45, 7) is 10.0. The van der Waals surface area contributed by atoms with Crippen molar-refractivity contribution in [1.82, 2.24) is 0 Å². The first-order chi connectivity index (χ1) is 9.11. The number of phenols is 1. The van der Waals surface area contributed by atoms with E-state index in [9.17, 15) is 14.7 Å². The van der Waals surface area contributed by atoms with Gasteiger partial charge in [-0.1, -0.05) is 6.58 Å². The Bertz CT molecular complexity index is 552. The highest BCUT2D eigenvalue weighted by Crippen LogP contribution is 2.33. The fraction of sp³-hybridized carbons (Fsp3) is 0.333. The summed E-state index contributed by atoms with van der Waals surface area (Å²) in [7, 11) is 0. The lowest BCUT2D eigenvalue weighted by Crippen LogP contribution is -2.26. The smallest absolute Gasteiger partial charge is 0.338 e. The van der Waals surface area contributed by atoms with Gasteiger partial charge in [-0.3, -0.25) is 4.79 Å². The summed E-state index contributed by atoms with van der Waals surface area (Å²) in [6.07, 6.45) is 0. The van der Waals surface area contributed by atoms with Crippen LogP contribution in [0.2, 0.25) is 0 Å². The molecule has 0 saturated carbocycles. The number of carbonyl (C=O) groups is 2. The lowest BCUT2D eigenvalue weighted by Gasteiger charge is -2.18. The van der Waals surface area contributed by atoms with Crippen molar-refractivity contribution in [1.29, 1.82) is 0 Å². The molecule has 20 heavy (non-hydrogen) atoms. The van der Waals surface area contributed by atoms with E-state index in [0.29, 0.717) is 0 Å². The van der Waals surface area contributed by atoms with Crippen LogP contribution in [-0.4, -0.2) is 17.0 Å². The molecule has 0 atom stereocenters. The van der Waals surface area contributed by atoms with Gasteiger partial charge in [0.15, 0.2) is 11.5 Å². The van der Waals surface area contributed by atoms with E-state index >= 15 is 0 Å². The van der Waals surface area contributed by atoms with Crippen LogP contribution in [0.3, 0.4) is 0 Å². The van der Waals surface area contributed by atoms with Crippen LogP contribution in [0.15, 0.2) is 30.4 Å². The molecule has 0 amide bonds. The summed E-state index contributed by atoms with van der Waals surface area (Å²) < 4.78 is 10.2. The molecule has 0 radical (unpaired) electrons. The minimum Gasteiger partial charge on any atom is -0.508 e. The van der Waals surface area contributed by atoms with Gasteiger partial charge >= 0.3 is 11.9 Å². The summed E-state index contributed by atoms with van der Waals surface area (Å²) >= 11 is 0. The summed E-state index contributed by atoms with van der Waals surface area (Å²) in [5.74, 6) is -1.20. The van der Waals surface area contributed by atoms with Gasteiger partial charge in [0.1, 0.15) is 5.75 Å². The lowest BCUT2D eigenvalue weighted by atomic mass is 9.97. The fourth-order valence-corrected chi connectivity index (χ4v) is 1.10. The summed E-state index contributed by atoms with van der Waals surface area (Å²) in [5.41, 5.74) is -0.507. The Hall–Kier alpha value is -2.30. The zero-order chi connectivity index (χ0) is 15.5. The van der Waals surface area contributed by atoms with Crippen molar-refractivity contribution in [2.24, 2.45) is 5.41 Å². The number of phenolic OH excluding ortho intramolecular Hbond substituents is 1. The van der Waals surface area contributed by atoms with Gasteiger partial charge in [-0.15, -0.1) is 0 Å². The number of hydrogen-bond acceptors (Lipinski definition) is 5. The fourth-order valence-electron chi connectivity index (χ4n) is 1.10. The number of hydrogen-bond donors (Lipinski definition) is 1.